The predicted octanol–water partition coefficient (Wildman–Crippen LogP) is 4.13. The Morgan fingerprint density at radius 1 is 1.15 bits per heavy atom. The largest absolute Gasteiger partial charge is 0.489 e. The Hall–Kier alpha value is -3.22. The molecule has 5 nitrogen and oxygen atoms in total. The third-order valence-electron chi connectivity index (χ3n) is 4.03. The first kappa shape index (κ1) is 18.6. The highest BCUT2D eigenvalue weighted by Crippen LogP contribution is 2.16. The molecule has 1 heterocycles. The summed E-state index contributed by atoms with van der Waals surface area (Å²) in [6.45, 7) is -2.30. The van der Waals surface area contributed by atoms with Gasteiger partial charge in [0.2, 0.25) is 0 Å². The molecule has 0 N–H and O–H groups in total. The number of hydrogen-bond acceptors (Lipinski definition) is 3. The number of nitrogens with zero attached hydrogens (tertiary/aromatic N) is 3. The fourth-order valence-electron chi connectivity index (χ4n) is 2.58. The average molecular weight is 371 g/mol. The molecule has 0 aliphatic heterocycles. The van der Waals surface area contributed by atoms with Crippen LogP contribution in [-0.2, 0) is 13.2 Å². The summed E-state index contributed by atoms with van der Waals surface area (Å²) >= 11 is 0. The Balaban J connectivity index is 1.60. The van der Waals surface area contributed by atoms with Crippen molar-refractivity contribution in [3.8, 4) is 5.75 Å². The maximum atomic E-state index is 12.9. The molecule has 0 bridgehead atoms. The molecular weight excluding hydrogens is 352 g/mol. The van der Waals surface area contributed by atoms with Crippen molar-refractivity contribution in [3.63, 3.8) is 0 Å². The van der Waals surface area contributed by atoms with Crippen LogP contribution >= 0.6 is 0 Å². The van der Waals surface area contributed by atoms with Gasteiger partial charge in [-0.2, -0.15) is 8.78 Å². The molecule has 0 unspecified atom stereocenters. The number of carbonyl (C=O) groups excluding carboxylic acids is 1. The van der Waals surface area contributed by atoms with Crippen molar-refractivity contribution in [2.24, 2.45) is 0 Å². The molecule has 27 heavy (non-hydrogen) atoms. The highest BCUT2D eigenvalue weighted by atomic mass is 19.3. The van der Waals surface area contributed by atoms with Gasteiger partial charge in [-0.05, 0) is 29.8 Å². The maximum Gasteiger partial charge on any atom is 0.319 e. The number of imidazole rings is 1. The molecular formula is C20H19F2N3O2. The van der Waals surface area contributed by atoms with Crippen LogP contribution in [0.5, 0.6) is 5.75 Å². The minimum atomic E-state index is -2.69. The van der Waals surface area contributed by atoms with Gasteiger partial charge in [-0.3, -0.25) is 9.36 Å². The van der Waals surface area contributed by atoms with Crippen molar-refractivity contribution < 1.29 is 18.3 Å². The smallest absolute Gasteiger partial charge is 0.319 e. The van der Waals surface area contributed by atoms with Crippen LogP contribution in [0.25, 0.3) is 0 Å². The third kappa shape index (κ3) is 4.69. The van der Waals surface area contributed by atoms with Crippen LogP contribution in [0.4, 0.5) is 8.78 Å². The Morgan fingerprint density at radius 3 is 2.52 bits per heavy atom. The molecule has 3 aromatic rings. The molecule has 0 fully saturated rings. The first-order chi connectivity index (χ1) is 13.0. The Kier molecular flexibility index (Phi) is 5.80. The molecule has 0 radical (unpaired) electrons. The van der Waals surface area contributed by atoms with E-state index < -0.39 is 6.55 Å². The van der Waals surface area contributed by atoms with Gasteiger partial charge in [0.1, 0.15) is 18.2 Å². The van der Waals surface area contributed by atoms with Crippen LogP contribution in [-0.4, -0.2) is 27.4 Å². The summed E-state index contributed by atoms with van der Waals surface area (Å²) in [6.07, 6.45) is 2.49. The molecule has 2 aromatic carbocycles. The average Bonchev–Trinajstić information content (AvgIpc) is 3.15. The third-order valence-corrected chi connectivity index (χ3v) is 4.03. The molecule has 3 rings (SSSR count). The van der Waals surface area contributed by atoms with E-state index in [1.54, 1.807) is 19.2 Å². The zero-order valence-electron chi connectivity index (χ0n) is 14.8. The minimum Gasteiger partial charge on any atom is -0.489 e. The first-order valence-corrected chi connectivity index (χ1v) is 8.36. The fourth-order valence-corrected chi connectivity index (χ4v) is 2.58. The van der Waals surface area contributed by atoms with Crippen molar-refractivity contribution in [2.75, 3.05) is 7.05 Å². The van der Waals surface area contributed by atoms with Gasteiger partial charge in [0.05, 0.1) is 6.54 Å². The number of rotatable bonds is 7. The van der Waals surface area contributed by atoms with E-state index in [-0.39, 0.29) is 18.3 Å². The molecule has 140 valence electrons. The number of amides is 1. The van der Waals surface area contributed by atoms with Gasteiger partial charge in [-0.25, -0.2) is 4.98 Å². The van der Waals surface area contributed by atoms with Gasteiger partial charge in [0, 0.05) is 25.0 Å². The molecule has 1 aromatic heterocycles. The van der Waals surface area contributed by atoms with Crippen LogP contribution < -0.4 is 4.74 Å². The number of aromatic nitrogens is 2. The number of halogens is 2. The van der Waals surface area contributed by atoms with Gasteiger partial charge in [0.15, 0.2) is 0 Å². The van der Waals surface area contributed by atoms with Crippen molar-refractivity contribution in [3.05, 3.63) is 83.9 Å². The summed E-state index contributed by atoms with van der Waals surface area (Å²) in [6, 6.07) is 16.5. The van der Waals surface area contributed by atoms with Crippen molar-refractivity contribution in [1.82, 2.24) is 14.5 Å². The van der Waals surface area contributed by atoms with Crippen LogP contribution in [0.1, 0.15) is 28.3 Å². The standard InChI is InChI=1S/C20H19F2N3O2/c1-24(13-18-23-11-12-25(18)20(21)22)19(26)16-9-7-15(8-10-16)14-27-17-5-3-2-4-6-17/h2-12,20H,13-14H2,1H3. The van der Waals surface area contributed by atoms with E-state index in [4.69, 9.17) is 4.74 Å². The zero-order valence-corrected chi connectivity index (χ0v) is 14.8. The Labute approximate surface area is 155 Å². The monoisotopic (exact) mass is 371 g/mol. The maximum absolute atomic E-state index is 12.9. The van der Waals surface area contributed by atoms with Gasteiger partial charge >= 0.3 is 6.55 Å². The zero-order chi connectivity index (χ0) is 19.2. The summed E-state index contributed by atoms with van der Waals surface area (Å²) < 4.78 is 32.2. The number of benzene rings is 2. The Bertz CT molecular complexity index is 880. The van der Waals surface area contributed by atoms with Crippen molar-refractivity contribution >= 4 is 5.91 Å². The molecule has 0 saturated carbocycles. The molecule has 7 heteroatoms. The molecule has 1 amide bonds. The van der Waals surface area contributed by atoms with Gasteiger partial charge in [0.25, 0.3) is 5.91 Å². The summed E-state index contributed by atoms with van der Waals surface area (Å²) in [7, 11) is 1.55. The summed E-state index contributed by atoms with van der Waals surface area (Å²) in [5.74, 6) is 0.634. The van der Waals surface area contributed by atoms with E-state index in [1.165, 1.54) is 17.3 Å². The Morgan fingerprint density at radius 2 is 1.85 bits per heavy atom. The highest BCUT2D eigenvalue weighted by Gasteiger charge is 2.17. The first-order valence-electron chi connectivity index (χ1n) is 8.36. The number of alkyl halides is 2. The van der Waals surface area contributed by atoms with E-state index in [9.17, 15) is 13.6 Å². The van der Waals surface area contributed by atoms with Crippen LogP contribution in [0.3, 0.4) is 0 Å². The van der Waals surface area contributed by atoms with Gasteiger partial charge in [-0.15, -0.1) is 0 Å². The second-order valence-electron chi connectivity index (χ2n) is 5.99. The molecule has 0 atom stereocenters. The minimum absolute atomic E-state index is 0.00492. The summed E-state index contributed by atoms with van der Waals surface area (Å²) in [5.41, 5.74) is 1.39. The van der Waals surface area contributed by atoms with Crippen LogP contribution in [0.2, 0.25) is 0 Å². The van der Waals surface area contributed by atoms with Crippen LogP contribution in [0.15, 0.2) is 67.0 Å². The lowest BCUT2D eigenvalue weighted by Gasteiger charge is -2.18. The number of hydrogen-bond donors (Lipinski definition) is 0. The SMILES string of the molecule is CN(Cc1nccn1C(F)F)C(=O)c1ccc(COc2ccccc2)cc1. The van der Waals surface area contributed by atoms with Crippen molar-refractivity contribution in [1.29, 1.82) is 0 Å². The lowest BCUT2D eigenvalue weighted by atomic mass is 10.1. The normalized spacial score (nSPS) is 10.8. The number of para-hydroxylation sites is 1. The number of carbonyl (C=O) groups is 1. The highest BCUT2D eigenvalue weighted by molar-refractivity contribution is 5.94. The summed E-state index contributed by atoms with van der Waals surface area (Å²) in [4.78, 5) is 17.8. The van der Waals surface area contributed by atoms with E-state index in [1.807, 2.05) is 42.5 Å². The molecule has 0 aliphatic carbocycles. The second-order valence-corrected chi connectivity index (χ2v) is 5.99. The fraction of sp³-hybridized carbons (Fsp3) is 0.200. The van der Waals surface area contributed by atoms with E-state index in [0.717, 1.165) is 15.9 Å². The lowest BCUT2D eigenvalue weighted by Crippen LogP contribution is -2.27. The van der Waals surface area contributed by atoms with E-state index in [2.05, 4.69) is 4.98 Å². The molecule has 0 aliphatic rings. The summed E-state index contributed by atoms with van der Waals surface area (Å²) in [5, 5.41) is 0. The van der Waals surface area contributed by atoms with Crippen LogP contribution in [0, 0.1) is 0 Å². The number of ether oxygens (including phenoxy) is 1. The van der Waals surface area contributed by atoms with E-state index in [0.29, 0.717) is 12.2 Å². The van der Waals surface area contributed by atoms with E-state index >= 15 is 0 Å². The predicted molar refractivity (Wildman–Crippen MR) is 96.5 cm³/mol. The quantitative estimate of drug-likeness (QED) is 0.627. The molecule has 0 spiro atoms. The van der Waals surface area contributed by atoms with Crippen molar-refractivity contribution in [2.45, 2.75) is 19.7 Å². The van der Waals surface area contributed by atoms with Gasteiger partial charge in [-0.1, -0.05) is 30.3 Å². The lowest BCUT2D eigenvalue weighted by molar-refractivity contribution is 0.0612. The second kappa shape index (κ2) is 8.44. The van der Waals surface area contributed by atoms with Gasteiger partial charge < -0.3 is 9.64 Å². The topological polar surface area (TPSA) is 47.4 Å². The molecule has 0 saturated heterocycles.